The fourth-order valence-corrected chi connectivity index (χ4v) is 4.94. The normalized spacial score (nSPS) is 27.5. The lowest BCUT2D eigenvalue weighted by atomic mass is 9.70. The summed E-state index contributed by atoms with van der Waals surface area (Å²) in [5, 5.41) is 0. The Morgan fingerprint density at radius 3 is 1.67 bits per heavy atom. The maximum Gasteiger partial charge on any atom is 0.204 e. The maximum absolute atomic E-state index is 14.5. The smallest absolute Gasteiger partial charge is 0.204 e. The molecule has 0 bridgehead atoms. The van der Waals surface area contributed by atoms with Gasteiger partial charge in [0, 0.05) is 0 Å². The zero-order valence-corrected chi connectivity index (χ0v) is 18.9. The molecule has 30 heavy (non-hydrogen) atoms. The minimum Gasteiger partial charge on any atom is -0.490 e. The maximum atomic E-state index is 14.5. The van der Waals surface area contributed by atoms with Gasteiger partial charge in [-0.05, 0) is 92.6 Å². The van der Waals surface area contributed by atoms with E-state index in [2.05, 4.69) is 27.4 Å². The monoisotopic (exact) mass is 420 g/mol. The highest BCUT2D eigenvalue weighted by Gasteiger charge is 2.30. The van der Waals surface area contributed by atoms with Gasteiger partial charge in [-0.1, -0.05) is 26.8 Å². The first kappa shape index (κ1) is 23.1. The minimum absolute atomic E-state index is 0.00992. The summed E-state index contributed by atoms with van der Waals surface area (Å²) in [5.41, 5.74) is 0.335. The Hall–Kier alpha value is -1.58. The van der Waals surface area contributed by atoms with Crippen molar-refractivity contribution < 1.29 is 18.3 Å². The number of rotatable bonds is 7. The van der Waals surface area contributed by atoms with Crippen molar-refractivity contribution in [2.24, 2.45) is 29.1 Å². The molecule has 0 aromatic heterocycles. The zero-order valence-electron chi connectivity index (χ0n) is 18.9. The Balaban J connectivity index is 1.47. The van der Waals surface area contributed by atoms with Crippen LogP contribution >= 0.6 is 0 Å². The molecule has 1 aromatic rings. The lowest BCUT2D eigenvalue weighted by molar-refractivity contribution is 0.120. The van der Waals surface area contributed by atoms with Crippen LogP contribution in [0.1, 0.15) is 72.1 Å². The highest BCUT2D eigenvalue weighted by molar-refractivity contribution is 5.35. The molecule has 2 fully saturated rings. The van der Waals surface area contributed by atoms with E-state index in [0.717, 1.165) is 44.4 Å². The van der Waals surface area contributed by atoms with Crippen LogP contribution in [-0.2, 0) is 0 Å². The van der Waals surface area contributed by atoms with Crippen LogP contribution in [0.3, 0.4) is 0 Å². The average molecular weight is 421 g/mol. The van der Waals surface area contributed by atoms with Gasteiger partial charge < -0.3 is 9.47 Å². The van der Waals surface area contributed by atoms with Crippen molar-refractivity contribution in [1.29, 1.82) is 0 Å². The molecular formula is C26H38F2O2. The summed E-state index contributed by atoms with van der Waals surface area (Å²) in [4.78, 5) is 0. The third kappa shape index (κ3) is 5.98. The van der Waals surface area contributed by atoms with Gasteiger partial charge in [-0.2, -0.15) is 8.78 Å². The van der Waals surface area contributed by atoms with E-state index in [1.54, 1.807) is 0 Å². The van der Waals surface area contributed by atoms with Crippen molar-refractivity contribution >= 4 is 0 Å². The second-order valence-corrected chi connectivity index (χ2v) is 10.4. The van der Waals surface area contributed by atoms with Crippen molar-refractivity contribution in [2.45, 2.75) is 72.1 Å². The summed E-state index contributed by atoms with van der Waals surface area (Å²) in [6.07, 6.45) is 10.8. The van der Waals surface area contributed by atoms with E-state index in [9.17, 15) is 8.78 Å². The molecule has 0 saturated heterocycles. The van der Waals surface area contributed by atoms with Gasteiger partial charge in [0.15, 0.2) is 11.5 Å². The van der Waals surface area contributed by atoms with Gasteiger partial charge in [0.05, 0.1) is 13.2 Å². The van der Waals surface area contributed by atoms with Gasteiger partial charge >= 0.3 is 0 Å². The van der Waals surface area contributed by atoms with E-state index >= 15 is 0 Å². The topological polar surface area (TPSA) is 18.5 Å². The molecule has 1 aromatic carbocycles. The summed E-state index contributed by atoms with van der Waals surface area (Å²) in [6.45, 7) is 11.6. The Bertz CT molecular complexity index is 694. The Morgan fingerprint density at radius 1 is 0.833 bits per heavy atom. The lowest BCUT2D eigenvalue weighted by Crippen LogP contribution is -2.28. The predicted octanol–water partition coefficient (Wildman–Crippen LogP) is 7.57. The van der Waals surface area contributed by atoms with Crippen molar-refractivity contribution in [1.82, 2.24) is 0 Å². The van der Waals surface area contributed by atoms with Gasteiger partial charge in [-0.3, -0.25) is 0 Å². The standard InChI is InChI=1S/C26H38F2O2/c1-5-18-6-8-19(9-7-18)16-29-22-14-15-23(25(28)24(22)27)30-17-20-10-12-21(13-11-20)26(2,3)4/h5,14-15,18-21H,1,6-13,16-17H2,2-4H3. The molecular weight excluding hydrogens is 382 g/mol. The molecule has 0 aliphatic heterocycles. The predicted molar refractivity (Wildman–Crippen MR) is 118 cm³/mol. The van der Waals surface area contributed by atoms with Crippen LogP contribution in [0.25, 0.3) is 0 Å². The highest BCUT2D eigenvalue weighted by Crippen LogP contribution is 2.40. The molecule has 2 nitrogen and oxygen atoms in total. The fourth-order valence-electron chi connectivity index (χ4n) is 4.94. The molecule has 0 N–H and O–H groups in total. The molecule has 0 unspecified atom stereocenters. The number of hydrogen-bond acceptors (Lipinski definition) is 2. The summed E-state index contributed by atoms with van der Waals surface area (Å²) >= 11 is 0. The van der Waals surface area contributed by atoms with Crippen LogP contribution in [0.15, 0.2) is 24.8 Å². The summed E-state index contributed by atoms with van der Waals surface area (Å²) in [7, 11) is 0. The van der Waals surface area contributed by atoms with Gasteiger partial charge in [0.2, 0.25) is 11.6 Å². The Kier molecular flexibility index (Phi) is 7.81. The van der Waals surface area contributed by atoms with Gasteiger partial charge in [-0.25, -0.2) is 0 Å². The molecule has 168 valence electrons. The molecule has 2 aliphatic rings. The van der Waals surface area contributed by atoms with Crippen molar-refractivity contribution in [2.75, 3.05) is 13.2 Å². The van der Waals surface area contributed by atoms with Crippen LogP contribution in [0, 0.1) is 40.7 Å². The molecule has 2 saturated carbocycles. The number of hydrogen-bond donors (Lipinski definition) is 0. The van der Waals surface area contributed by atoms with Crippen LogP contribution < -0.4 is 9.47 Å². The van der Waals surface area contributed by atoms with E-state index in [1.807, 2.05) is 6.08 Å². The van der Waals surface area contributed by atoms with Crippen molar-refractivity contribution in [3.05, 3.63) is 36.4 Å². The molecule has 0 amide bonds. The summed E-state index contributed by atoms with van der Waals surface area (Å²) in [6, 6.07) is 3.00. The van der Waals surface area contributed by atoms with E-state index in [0.29, 0.717) is 36.4 Å². The molecule has 0 spiro atoms. The third-order valence-electron chi connectivity index (χ3n) is 7.26. The minimum atomic E-state index is -0.941. The number of benzene rings is 1. The number of allylic oxidation sites excluding steroid dienone is 1. The summed E-state index contributed by atoms with van der Waals surface area (Å²) in [5.74, 6) is 0.202. The summed E-state index contributed by atoms with van der Waals surface area (Å²) < 4.78 is 40.3. The highest BCUT2D eigenvalue weighted by atomic mass is 19.2. The first-order chi connectivity index (χ1) is 14.3. The van der Waals surface area contributed by atoms with Crippen LogP contribution in [-0.4, -0.2) is 13.2 Å². The fraction of sp³-hybridized carbons (Fsp3) is 0.692. The number of halogens is 2. The molecule has 4 heteroatoms. The Morgan fingerprint density at radius 2 is 1.27 bits per heavy atom. The average Bonchev–Trinajstić information content (AvgIpc) is 2.74. The van der Waals surface area contributed by atoms with Crippen molar-refractivity contribution in [3.63, 3.8) is 0 Å². The molecule has 0 heterocycles. The second kappa shape index (κ2) is 10.2. The largest absolute Gasteiger partial charge is 0.490 e. The first-order valence-electron chi connectivity index (χ1n) is 11.6. The third-order valence-corrected chi connectivity index (χ3v) is 7.26. The van der Waals surface area contributed by atoms with Crippen molar-refractivity contribution in [3.8, 4) is 11.5 Å². The Labute approximate surface area is 181 Å². The molecule has 0 atom stereocenters. The SMILES string of the molecule is C=CC1CCC(COc2ccc(OCC3CCC(C(C)(C)C)CC3)c(F)c2F)CC1. The molecule has 2 aliphatic carbocycles. The zero-order chi connectivity index (χ0) is 21.7. The van der Waals surface area contributed by atoms with Gasteiger partial charge in [0.1, 0.15) is 0 Å². The van der Waals surface area contributed by atoms with Gasteiger partial charge in [0.25, 0.3) is 0 Å². The van der Waals surface area contributed by atoms with E-state index < -0.39 is 11.6 Å². The lowest BCUT2D eigenvalue weighted by Gasteiger charge is -2.36. The van der Waals surface area contributed by atoms with Crippen LogP contribution in [0.4, 0.5) is 8.78 Å². The quantitative estimate of drug-likeness (QED) is 0.424. The first-order valence-corrected chi connectivity index (χ1v) is 11.6. The molecule has 3 rings (SSSR count). The van der Waals surface area contributed by atoms with E-state index in [-0.39, 0.29) is 11.5 Å². The van der Waals surface area contributed by atoms with Crippen LogP contribution in [0.5, 0.6) is 11.5 Å². The van der Waals surface area contributed by atoms with E-state index in [1.165, 1.54) is 25.0 Å². The van der Waals surface area contributed by atoms with E-state index in [4.69, 9.17) is 9.47 Å². The molecule has 0 radical (unpaired) electrons. The second-order valence-electron chi connectivity index (χ2n) is 10.4. The van der Waals surface area contributed by atoms with Gasteiger partial charge in [-0.15, -0.1) is 6.58 Å². The van der Waals surface area contributed by atoms with Crippen LogP contribution in [0.2, 0.25) is 0 Å². The number of ether oxygens (including phenoxy) is 2.